The van der Waals surface area contributed by atoms with Crippen molar-refractivity contribution in [3.05, 3.63) is 114 Å². The van der Waals surface area contributed by atoms with Gasteiger partial charge in [0.05, 0.1) is 17.2 Å². The molecule has 0 bridgehead atoms. The third-order valence-electron chi connectivity index (χ3n) is 7.07. The molecule has 3 aromatic carbocycles. The van der Waals surface area contributed by atoms with Gasteiger partial charge in [0.15, 0.2) is 5.82 Å². The number of para-hydroxylation sites is 1. The predicted molar refractivity (Wildman–Crippen MR) is 142 cm³/mol. The van der Waals surface area contributed by atoms with Gasteiger partial charge in [-0.15, -0.1) is 5.10 Å². The fourth-order valence-electron chi connectivity index (χ4n) is 5.16. The molecule has 0 radical (unpaired) electrons. The van der Waals surface area contributed by atoms with Gasteiger partial charge in [-0.3, -0.25) is 9.88 Å². The minimum absolute atomic E-state index is 0.127. The summed E-state index contributed by atoms with van der Waals surface area (Å²) in [4.78, 5) is 9.01. The zero-order valence-corrected chi connectivity index (χ0v) is 20.5. The van der Waals surface area contributed by atoms with Crippen LogP contribution in [0.4, 0.5) is 10.1 Å². The van der Waals surface area contributed by atoms with Gasteiger partial charge in [-0.1, -0.05) is 54.6 Å². The van der Waals surface area contributed by atoms with Crippen molar-refractivity contribution in [2.75, 3.05) is 31.1 Å². The number of piperazine rings is 1. The van der Waals surface area contributed by atoms with Crippen LogP contribution in [0, 0.1) is 5.82 Å². The van der Waals surface area contributed by atoms with Crippen molar-refractivity contribution >= 4 is 16.6 Å². The fourth-order valence-corrected chi connectivity index (χ4v) is 5.16. The van der Waals surface area contributed by atoms with E-state index in [1.54, 1.807) is 6.07 Å². The van der Waals surface area contributed by atoms with E-state index in [1.165, 1.54) is 11.6 Å². The van der Waals surface area contributed by atoms with Crippen LogP contribution in [0.3, 0.4) is 0 Å². The highest BCUT2D eigenvalue weighted by Crippen LogP contribution is 2.31. The number of hydrogen-bond donors (Lipinski definition) is 0. The van der Waals surface area contributed by atoms with E-state index >= 15 is 0 Å². The Morgan fingerprint density at radius 3 is 2.49 bits per heavy atom. The third kappa shape index (κ3) is 4.93. The lowest BCUT2D eigenvalue weighted by Crippen LogP contribution is -2.48. The van der Waals surface area contributed by atoms with Crippen LogP contribution in [0.15, 0.2) is 91.1 Å². The zero-order chi connectivity index (χ0) is 25.0. The number of fused-ring (bicyclic) bond motifs is 1. The normalized spacial score (nSPS) is 15.2. The molecule has 7 nitrogen and oxygen atoms in total. The van der Waals surface area contributed by atoms with Crippen LogP contribution in [0.25, 0.3) is 10.9 Å². The lowest BCUT2D eigenvalue weighted by atomic mass is 10.0. The van der Waals surface area contributed by atoms with E-state index < -0.39 is 0 Å². The Bertz CT molecular complexity index is 1480. The summed E-state index contributed by atoms with van der Waals surface area (Å²) in [7, 11) is 0. The zero-order valence-electron chi connectivity index (χ0n) is 20.5. The van der Waals surface area contributed by atoms with Crippen molar-refractivity contribution in [3.63, 3.8) is 0 Å². The average molecular weight is 494 g/mol. The van der Waals surface area contributed by atoms with Crippen LogP contribution in [-0.4, -0.2) is 56.3 Å². The molecule has 0 aliphatic carbocycles. The number of benzene rings is 3. The number of pyridine rings is 1. The van der Waals surface area contributed by atoms with Crippen LogP contribution < -0.4 is 4.90 Å². The number of aromatic nitrogens is 5. The molecule has 1 aliphatic heterocycles. The Hall–Kier alpha value is -4.17. The second-order valence-electron chi connectivity index (χ2n) is 9.33. The van der Waals surface area contributed by atoms with Crippen molar-refractivity contribution in [1.29, 1.82) is 0 Å². The number of anilines is 1. The predicted octanol–water partition coefficient (Wildman–Crippen LogP) is 4.51. The first-order valence-electron chi connectivity index (χ1n) is 12.6. The highest BCUT2D eigenvalue weighted by molar-refractivity contribution is 5.79. The summed E-state index contributed by atoms with van der Waals surface area (Å²) in [6.45, 7) is 3.65. The Kier molecular flexibility index (Phi) is 6.56. The van der Waals surface area contributed by atoms with Crippen molar-refractivity contribution in [2.45, 2.75) is 19.0 Å². The van der Waals surface area contributed by atoms with Crippen LogP contribution in [0.5, 0.6) is 0 Å². The quantitative estimate of drug-likeness (QED) is 0.332. The summed E-state index contributed by atoms with van der Waals surface area (Å²) >= 11 is 0. The van der Waals surface area contributed by atoms with E-state index in [0.29, 0.717) is 12.2 Å². The van der Waals surface area contributed by atoms with E-state index in [9.17, 15) is 4.39 Å². The van der Waals surface area contributed by atoms with Crippen molar-refractivity contribution in [1.82, 2.24) is 30.1 Å². The van der Waals surface area contributed by atoms with Gasteiger partial charge < -0.3 is 4.90 Å². The molecule has 1 fully saturated rings. The molecule has 0 N–H and O–H groups in total. The fraction of sp³-hybridized carbons (Fsp3) is 0.241. The summed E-state index contributed by atoms with van der Waals surface area (Å²) in [5, 5.41) is 14.0. The van der Waals surface area contributed by atoms with Gasteiger partial charge in [-0.25, -0.2) is 9.07 Å². The second kappa shape index (κ2) is 10.4. The van der Waals surface area contributed by atoms with E-state index in [4.69, 9.17) is 0 Å². The molecule has 37 heavy (non-hydrogen) atoms. The number of hydrogen-bond acceptors (Lipinski definition) is 6. The Labute approximate surface area is 215 Å². The van der Waals surface area contributed by atoms with E-state index in [0.717, 1.165) is 54.9 Å². The molecule has 8 heteroatoms. The molecule has 0 spiro atoms. The first-order valence-corrected chi connectivity index (χ1v) is 12.6. The number of nitrogens with zero attached hydrogens (tertiary/aromatic N) is 7. The SMILES string of the molecule is Fc1ccccc1N1CCN([C@H](c2ccc3ncccc3c2)c2nnnn2CCc2ccccc2)CC1. The molecule has 0 saturated carbocycles. The first kappa shape index (κ1) is 23.2. The van der Waals surface area contributed by atoms with Gasteiger partial charge in [0.2, 0.25) is 0 Å². The maximum atomic E-state index is 14.5. The Balaban J connectivity index is 1.31. The molecule has 1 atom stereocenters. The van der Waals surface area contributed by atoms with Crippen molar-refractivity contribution in [3.8, 4) is 0 Å². The molecule has 2 aromatic heterocycles. The van der Waals surface area contributed by atoms with Crippen molar-refractivity contribution < 1.29 is 4.39 Å². The number of halogens is 1. The van der Waals surface area contributed by atoms with Gasteiger partial charge in [-0.05, 0) is 58.3 Å². The number of rotatable bonds is 7. The van der Waals surface area contributed by atoms with Crippen LogP contribution in [-0.2, 0) is 13.0 Å². The maximum absolute atomic E-state index is 14.5. The van der Waals surface area contributed by atoms with Gasteiger partial charge in [-0.2, -0.15) is 0 Å². The molecule has 0 unspecified atom stereocenters. The third-order valence-corrected chi connectivity index (χ3v) is 7.07. The second-order valence-corrected chi connectivity index (χ2v) is 9.33. The van der Waals surface area contributed by atoms with Gasteiger partial charge >= 0.3 is 0 Å². The molecule has 6 rings (SSSR count). The van der Waals surface area contributed by atoms with Crippen LogP contribution >= 0.6 is 0 Å². The van der Waals surface area contributed by atoms with Crippen LogP contribution in [0.1, 0.15) is 23.0 Å². The molecule has 1 saturated heterocycles. The molecule has 5 aromatic rings. The van der Waals surface area contributed by atoms with Crippen LogP contribution in [0.2, 0.25) is 0 Å². The van der Waals surface area contributed by atoms with Gasteiger partial charge in [0, 0.05) is 44.3 Å². The lowest BCUT2D eigenvalue weighted by molar-refractivity contribution is 0.200. The minimum Gasteiger partial charge on any atom is -0.367 e. The Morgan fingerprint density at radius 1 is 0.838 bits per heavy atom. The minimum atomic E-state index is -0.181. The van der Waals surface area contributed by atoms with Gasteiger partial charge in [0.25, 0.3) is 0 Å². The maximum Gasteiger partial charge on any atom is 0.173 e. The molecular weight excluding hydrogens is 465 g/mol. The monoisotopic (exact) mass is 493 g/mol. The number of aryl methyl sites for hydroxylation is 2. The topological polar surface area (TPSA) is 63.0 Å². The standard InChI is InChI=1S/C29H28FN7/c30-25-10-4-5-11-27(25)35-17-19-36(20-18-35)28(24-12-13-26-23(21-24)9-6-15-31-26)29-32-33-34-37(29)16-14-22-7-2-1-3-8-22/h1-13,15,21,28H,14,16-20H2/t28-/m1/s1. The first-order chi connectivity index (χ1) is 18.3. The lowest BCUT2D eigenvalue weighted by Gasteiger charge is -2.40. The van der Waals surface area contributed by atoms with Crippen molar-refractivity contribution in [2.24, 2.45) is 0 Å². The summed E-state index contributed by atoms with van der Waals surface area (Å²) < 4.78 is 16.4. The van der Waals surface area contributed by atoms with Gasteiger partial charge in [0.1, 0.15) is 5.82 Å². The Morgan fingerprint density at radius 2 is 1.65 bits per heavy atom. The summed E-state index contributed by atoms with van der Waals surface area (Å²) in [5.74, 6) is 0.637. The smallest absolute Gasteiger partial charge is 0.173 e. The molecule has 0 amide bonds. The molecular formula is C29H28FN7. The van der Waals surface area contributed by atoms with E-state index in [1.807, 2.05) is 35.1 Å². The highest BCUT2D eigenvalue weighted by atomic mass is 19.1. The van der Waals surface area contributed by atoms with E-state index in [-0.39, 0.29) is 11.9 Å². The summed E-state index contributed by atoms with van der Waals surface area (Å²) in [6.07, 6.45) is 2.65. The highest BCUT2D eigenvalue weighted by Gasteiger charge is 2.31. The average Bonchev–Trinajstić information content (AvgIpc) is 3.41. The molecule has 186 valence electrons. The molecule has 1 aliphatic rings. The van der Waals surface area contributed by atoms with E-state index in [2.05, 4.69) is 78.8 Å². The molecule has 3 heterocycles. The summed E-state index contributed by atoms with van der Waals surface area (Å²) in [6, 6.07) is 27.7. The summed E-state index contributed by atoms with van der Waals surface area (Å²) in [5.41, 5.74) is 3.98. The largest absolute Gasteiger partial charge is 0.367 e. The number of tetrazole rings is 1.